The molecule has 7 nitrogen and oxygen atoms in total. The van der Waals surface area contributed by atoms with Crippen LogP contribution in [0.4, 0.5) is 4.79 Å². The van der Waals surface area contributed by atoms with Crippen molar-refractivity contribution in [2.75, 3.05) is 13.1 Å². The maximum Gasteiger partial charge on any atom is 0.410 e. The van der Waals surface area contributed by atoms with Gasteiger partial charge in [-0.2, -0.15) is 4.98 Å². The average Bonchev–Trinajstić information content (AvgIpc) is 2.85. The van der Waals surface area contributed by atoms with Gasteiger partial charge in [-0.15, -0.1) is 0 Å². The molecule has 2 N–H and O–H groups in total. The van der Waals surface area contributed by atoms with Crippen LogP contribution in [-0.4, -0.2) is 39.8 Å². The fraction of sp³-hybridized carbons (Fsp3) is 0.769. The van der Waals surface area contributed by atoms with Crippen LogP contribution < -0.4 is 5.73 Å². The van der Waals surface area contributed by atoms with Gasteiger partial charge in [0.1, 0.15) is 5.60 Å². The molecule has 0 radical (unpaired) electrons. The standard InChI is InChI=1S/C13H22N4O3/c1-13(2,3)19-12(18)17-6-4-5-9(8-17)11-15-10(7-14)16-20-11/h9H,4-8,14H2,1-3H3. The summed E-state index contributed by atoms with van der Waals surface area (Å²) in [5, 5.41) is 3.79. The average molecular weight is 282 g/mol. The highest BCUT2D eigenvalue weighted by Crippen LogP contribution is 2.26. The maximum absolute atomic E-state index is 12.1. The molecule has 0 saturated carbocycles. The number of likely N-dealkylation sites (tertiary alicyclic amines) is 1. The predicted molar refractivity (Wildman–Crippen MR) is 72.0 cm³/mol. The summed E-state index contributed by atoms with van der Waals surface area (Å²) >= 11 is 0. The van der Waals surface area contributed by atoms with Crippen molar-refractivity contribution in [3.63, 3.8) is 0 Å². The number of hydrogen-bond acceptors (Lipinski definition) is 6. The van der Waals surface area contributed by atoms with Gasteiger partial charge in [0.05, 0.1) is 12.5 Å². The fourth-order valence-corrected chi connectivity index (χ4v) is 2.19. The number of piperidine rings is 1. The number of hydrogen-bond donors (Lipinski definition) is 1. The fourth-order valence-electron chi connectivity index (χ4n) is 2.19. The Bertz CT molecular complexity index is 466. The van der Waals surface area contributed by atoms with E-state index < -0.39 is 5.60 Å². The van der Waals surface area contributed by atoms with Crippen molar-refractivity contribution in [2.45, 2.75) is 51.7 Å². The zero-order valence-electron chi connectivity index (χ0n) is 12.3. The number of rotatable bonds is 2. The highest BCUT2D eigenvalue weighted by Gasteiger charge is 2.30. The summed E-state index contributed by atoms with van der Waals surface area (Å²) in [7, 11) is 0. The minimum Gasteiger partial charge on any atom is -0.444 e. The van der Waals surface area contributed by atoms with Crippen molar-refractivity contribution >= 4 is 6.09 Å². The summed E-state index contributed by atoms with van der Waals surface area (Å²) in [6.07, 6.45) is 1.52. The lowest BCUT2D eigenvalue weighted by molar-refractivity contribution is 0.0189. The lowest BCUT2D eigenvalue weighted by Crippen LogP contribution is -2.42. The van der Waals surface area contributed by atoms with Gasteiger partial charge in [0.2, 0.25) is 5.89 Å². The molecule has 1 aliphatic heterocycles. The maximum atomic E-state index is 12.1. The van der Waals surface area contributed by atoms with Crippen LogP contribution >= 0.6 is 0 Å². The number of nitrogens with two attached hydrogens (primary N) is 1. The Labute approximate surface area is 118 Å². The van der Waals surface area contributed by atoms with Crippen LogP contribution in [0.2, 0.25) is 0 Å². The smallest absolute Gasteiger partial charge is 0.410 e. The van der Waals surface area contributed by atoms with Gasteiger partial charge in [-0.1, -0.05) is 5.16 Å². The second-order valence-corrected chi connectivity index (χ2v) is 6.02. The molecule has 0 bridgehead atoms. The van der Waals surface area contributed by atoms with Crippen molar-refractivity contribution in [2.24, 2.45) is 5.73 Å². The molecule has 1 aromatic rings. The van der Waals surface area contributed by atoms with Gasteiger partial charge in [0, 0.05) is 13.1 Å². The second kappa shape index (κ2) is 5.78. The van der Waals surface area contributed by atoms with E-state index in [-0.39, 0.29) is 18.6 Å². The Balaban J connectivity index is 1.99. The monoisotopic (exact) mass is 282 g/mol. The van der Waals surface area contributed by atoms with E-state index in [9.17, 15) is 4.79 Å². The number of ether oxygens (including phenoxy) is 1. The molecule has 1 aromatic heterocycles. The molecule has 1 aliphatic rings. The summed E-state index contributed by atoms with van der Waals surface area (Å²) in [5.74, 6) is 1.11. The molecule has 7 heteroatoms. The van der Waals surface area contributed by atoms with Gasteiger partial charge >= 0.3 is 6.09 Å². The quantitative estimate of drug-likeness (QED) is 0.886. The number of carbonyl (C=O) groups is 1. The molecule has 1 fully saturated rings. The third kappa shape index (κ3) is 3.69. The van der Waals surface area contributed by atoms with Crippen molar-refractivity contribution < 1.29 is 14.1 Å². The van der Waals surface area contributed by atoms with E-state index in [1.54, 1.807) is 4.90 Å². The van der Waals surface area contributed by atoms with Crippen molar-refractivity contribution in [3.05, 3.63) is 11.7 Å². The van der Waals surface area contributed by atoms with Crippen LogP contribution in [0, 0.1) is 0 Å². The molecular formula is C13H22N4O3. The Morgan fingerprint density at radius 2 is 2.30 bits per heavy atom. The highest BCUT2D eigenvalue weighted by atomic mass is 16.6. The molecule has 0 aromatic carbocycles. The minimum absolute atomic E-state index is 0.0593. The van der Waals surface area contributed by atoms with Crippen LogP contribution in [0.3, 0.4) is 0 Å². The van der Waals surface area contributed by atoms with Gasteiger partial charge in [-0.3, -0.25) is 0 Å². The van der Waals surface area contributed by atoms with Crippen LogP contribution in [0.1, 0.15) is 51.2 Å². The van der Waals surface area contributed by atoms with E-state index in [0.29, 0.717) is 24.8 Å². The summed E-state index contributed by atoms with van der Waals surface area (Å²) < 4.78 is 10.6. The lowest BCUT2D eigenvalue weighted by atomic mass is 9.98. The molecule has 1 atom stereocenters. The van der Waals surface area contributed by atoms with Gasteiger partial charge < -0.3 is 19.9 Å². The van der Waals surface area contributed by atoms with E-state index in [2.05, 4.69) is 10.1 Å². The normalized spacial score (nSPS) is 20.0. The number of amides is 1. The minimum atomic E-state index is -0.485. The Kier molecular flexibility index (Phi) is 4.27. The third-order valence-corrected chi connectivity index (χ3v) is 3.09. The largest absolute Gasteiger partial charge is 0.444 e. The predicted octanol–water partition coefficient (Wildman–Crippen LogP) is 1.64. The highest BCUT2D eigenvalue weighted by molar-refractivity contribution is 5.68. The molecule has 1 amide bonds. The van der Waals surface area contributed by atoms with Crippen LogP contribution in [0.15, 0.2) is 4.52 Å². The third-order valence-electron chi connectivity index (χ3n) is 3.09. The van der Waals surface area contributed by atoms with Gasteiger partial charge in [0.25, 0.3) is 0 Å². The van der Waals surface area contributed by atoms with Crippen molar-refractivity contribution in [3.8, 4) is 0 Å². The van der Waals surface area contributed by atoms with E-state index in [1.165, 1.54) is 0 Å². The molecule has 2 rings (SSSR count). The van der Waals surface area contributed by atoms with Crippen molar-refractivity contribution in [1.82, 2.24) is 15.0 Å². The molecular weight excluding hydrogens is 260 g/mol. The van der Waals surface area contributed by atoms with Gasteiger partial charge in [0.15, 0.2) is 5.82 Å². The molecule has 0 spiro atoms. The summed E-state index contributed by atoms with van der Waals surface area (Å²) in [6.45, 7) is 7.07. The number of aromatic nitrogens is 2. The molecule has 2 heterocycles. The van der Waals surface area contributed by atoms with E-state index in [0.717, 1.165) is 12.8 Å². The number of carbonyl (C=O) groups excluding carboxylic acids is 1. The second-order valence-electron chi connectivity index (χ2n) is 6.02. The first-order chi connectivity index (χ1) is 9.39. The Hall–Kier alpha value is -1.63. The first-order valence-electron chi connectivity index (χ1n) is 6.89. The van der Waals surface area contributed by atoms with Crippen LogP contribution in [0.5, 0.6) is 0 Å². The van der Waals surface area contributed by atoms with E-state index >= 15 is 0 Å². The van der Waals surface area contributed by atoms with Gasteiger partial charge in [-0.05, 0) is 33.6 Å². The van der Waals surface area contributed by atoms with Crippen LogP contribution in [-0.2, 0) is 11.3 Å². The molecule has 112 valence electrons. The van der Waals surface area contributed by atoms with E-state index in [1.807, 2.05) is 20.8 Å². The van der Waals surface area contributed by atoms with Gasteiger partial charge in [-0.25, -0.2) is 4.79 Å². The SMILES string of the molecule is CC(C)(C)OC(=O)N1CCCC(c2nc(CN)no2)C1. The molecule has 1 unspecified atom stereocenters. The molecule has 20 heavy (non-hydrogen) atoms. The first-order valence-corrected chi connectivity index (χ1v) is 6.89. The summed E-state index contributed by atoms with van der Waals surface area (Å²) in [5.41, 5.74) is 4.98. The topological polar surface area (TPSA) is 94.5 Å². The molecule has 0 aliphatic carbocycles. The lowest BCUT2D eigenvalue weighted by Gasteiger charge is -2.32. The number of nitrogens with zero attached hydrogens (tertiary/aromatic N) is 3. The van der Waals surface area contributed by atoms with Crippen LogP contribution in [0.25, 0.3) is 0 Å². The summed E-state index contributed by atoms with van der Waals surface area (Å²) in [4.78, 5) is 18.0. The van der Waals surface area contributed by atoms with Crippen molar-refractivity contribution in [1.29, 1.82) is 0 Å². The van der Waals surface area contributed by atoms with E-state index in [4.69, 9.17) is 15.0 Å². The Morgan fingerprint density at radius 3 is 2.90 bits per heavy atom. The zero-order chi connectivity index (χ0) is 14.8. The summed E-state index contributed by atoms with van der Waals surface area (Å²) in [6, 6.07) is 0. The Morgan fingerprint density at radius 1 is 1.55 bits per heavy atom. The first kappa shape index (κ1) is 14.8. The zero-order valence-corrected chi connectivity index (χ0v) is 12.3. The molecule has 1 saturated heterocycles.